The molecular weight excluding hydrogens is 221 g/mol. The quantitative estimate of drug-likeness (QED) is 0.191. The molecule has 0 saturated carbocycles. The van der Waals surface area contributed by atoms with Crippen LogP contribution in [0.1, 0.15) is 0 Å². The van der Waals surface area contributed by atoms with Gasteiger partial charge in [-0.3, -0.25) is 0 Å². The van der Waals surface area contributed by atoms with E-state index in [4.69, 9.17) is 14.0 Å². The molecule has 0 heterocycles. The molecule has 0 aliphatic rings. The third kappa shape index (κ3) is 151. The zero-order valence-electron chi connectivity index (χ0n) is 7.40. The van der Waals surface area contributed by atoms with Gasteiger partial charge in [0.1, 0.15) is 0 Å². The Hall–Kier alpha value is 0.510. The lowest BCUT2D eigenvalue weighted by Gasteiger charge is -2.14. The number of rotatable bonds is 1. The zero-order valence-corrected chi connectivity index (χ0v) is 10.0. The Morgan fingerprint density at radius 2 is 1.42 bits per heavy atom. The summed E-state index contributed by atoms with van der Waals surface area (Å²) in [6, 6.07) is 0. The summed E-state index contributed by atoms with van der Waals surface area (Å²) in [5, 5.41) is 8.52. The van der Waals surface area contributed by atoms with Crippen LogP contribution in [0.4, 0.5) is 0 Å². The van der Waals surface area contributed by atoms with Gasteiger partial charge in [-0.25, -0.2) is 4.21 Å². The molecule has 5 nitrogen and oxygen atoms in total. The lowest BCUT2D eigenvalue weighted by atomic mass is 10.8. The molecule has 0 bridgehead atoms. The van der Waals surface area contributed by atoms with Crippen molar-refractivity contribution in [2.24, 2.45) is 0 Å². The third-order valence-electron chi connectivity index (χ3n) is 0.0556. The lowest BCUT2D eigenvalue weighted by Crippen LogP contribution is -2.27. The fourth-order valence-electron chi connectivity index (χ4n) is 0. The standard InChI is InChI=1S/C4H12N.H2O4S.HPS/c1-5(2,3)4;1-4-5(2)3;1-2/h1-4H3;1H,(H,2,3);1H/q+1;;/p-2. The van der Waals surface area contributed by atoms with E-state index >= 15 is 0 Å². The van der Waals surface area contributed by atoms with Crippen LogP contribution in [-0.4, -0.2) is 41.4 Å². The summed E-state index contributed by atoms with van der Waals surface area (Å²) in [5.74, 6) is 0. The van der Waals surface area contributed by atoms with Gasteiger partial charge in [0.15, 0.2) is 0 Å². The summed E-state index contributed by atoms with van der Waals surface area (Å²) in [4.78, 5) is 0. The van der Waals surface area contributed by atoms with Crippen molar-refractivity contribution in [3.05, 3.63) is 0 Å². The predicted octanol–water partition coefficient (Wildman–Crippen LogP) is -1.01. The molecule has 0 aromatic rings. The summed E-state index contributed by atoms with van der Waals surface area (Å²) < 4.78 is 21.1. The van der Waals surface area contributed by atoms with Gasteiger partial charge in [0, 0.05) is 0 Å². The molecule has 12 heavy (non-hydrogen) atoms. The second kappa shape index (κ2) is 11.5. The minimum absolute atomic E-state index is 1.00. The van der Waals surface area contributed by atoms with Gasteiger partial charge in [-0.1, -0.05) is 11.8 Å². The molecule has 0 spiro atoms. The van der Waals surface area contributed by atoms with Crippen molar-refractivity contribution in [1.82, 2.24) is 0 Å². The summed E-state index contributed by atoms with van der Waals surface area (Å²) in [6.45, 7) is 0. The topological polar surface area (TPSA) is 72.4 Å². The Kier molecular flexibility index (Phi) is 17.6. The summed E-state index contributed by atoms with van der Waals surface area (Å²) >= 11 is 1.01. The van der Waals surface area contributed by atoms with Crippen LogP contribution in [0.2, 0.25) is 0 Å². The summed E-state index contributed by atoms with van der Waals surface area (Å²) in [5.41, 5.74) is 0. The predicted molar refractivity (Wildman–Crippen MR) is 49.6 cm³/mol. The van der Waals surface area contributed by atoms with Crippen molar-refractivity contribution in [2.75, 3.05) is 28.2 Å². The van der Waals surface area contributed by atoms with Gasteiger partial charge in [-0.2, -0.15) is 0 Å². The van der Waals surface area contributed by atoms with Gasteiger partial charge < -0.3 is 18.6 Å². The Bertz CT molecular complexity index is 112. The molecule has 8 heteroatoms. The van der Waals surface area contributed by atoms with Crippen LogP contribution < -0.4 is 5.26 Å². The van der Waals surface area contributed by atoms with Crippen molar-refractivity contribution in [2.45, 2.75) is 0 Å². The molecule has 76 valence electrons. The highest BCUT2D eigenvalue weighted by molar-refractivity contribution is 7.88. The summed E-state index contributed by atoms with van der Waals surface area (Å²) in [6.07, 6.45) is 0. The van der Waals surface area contributed by atoms with E-state index in [1.165, 1.54) is 0 Å². The van der Waals surface area contributed by atoms with E-state index in [1.807, 2.05) is 0 Å². The average Bonchev–Trinajstić information content (AvgIpc) is 1.89. The minimum atomic E-state index is -2.88. The normalized spacial score (nSPS) is 11.5. The maximum Gasteiger partial charge on any atom is 0.0748 e. The number of nitrogens with zero attached hydrogens (tertiary/aromatic N) is 1. The van der Waals surface area contributed by atoms with Crippen LogP contribution >= 0.6 is 8.02 Å². The maximum absolute atomic E-state index is 8.83. The van der Waals surface area contributed by atoms with Crippen LogP contribution in [0.5, 0.6) is 0 Å². The van der Waals surface area contributed by atoms with E-state index in [9.17, 15) is 0 Å². The average molecular weight is 234 g/mol. The zero-order chi connectivity index (χ0) is 10.8. The molecule has 0 aliphatic carbocycles. The van der Waals surface area contributed by atoms with E-state index in [0.717, 1.165) is 4.48 Å². The molecule has 0 rings (SSSR count). The second-order valence-corrected chi connectivity index (χ2v) is 3.50. The van der Waals surface area contributed by atoms with Gasteiger partial charge in [-0.15, -0.1) is 0 Å². The number of quaternary nitrogens is 1. The van der Waals surface area contributed by atoms with Gasteiger partial charge in [-0.05, 0) is 8.02 Å². The van der Waals surface area contributed by atoms with Crippen molar-refractivity contribution in [3.63, 3.8) is 0 Å². The largest absolute Gasteiger partial charge is 0.750 e. The minimum Gasteiger partial charge on any atom is -0.750 e. The van der Waals surface area contributed by atoms with Crippen LogP contribution in [0.3, 0.4) is 0 Å². The first-order valence-corrected chi connectivity index (χ1v) is 5.29. The van der Waals surface area contributed by atoms with E-state index in [-0.39, 0.29) is 0 Å². The number of hydrogen-bond acceptors (Lipinski definition) is 5. The highest BCUT2D eigenvalue weighted by Crippen LogP contribution is 1.73. The van der Waals surface area contributed by atoms with Crippen LogP contribution in [0.25, 0.3) is 0 Å². The Morgan fingerprint density at radius 3 is 1.42 bits per heavy atom. The molecule has 0 amide bonds. The molecular formula is C4H13NO4PS2-. The smallest absolute Gasteiger partial charge is 0.0748 e. The van der Waals surface area contributed by atoms with Gasteiger partial charge in [0.25, 0.3) is 0 Å². The van der Waals surface area contributed by atoms with Crippen molar-refractivity contribution < 1.29 is 22.8 Å². The highest BCUT2D eigenvalue weighted by atomic mass is 32.4. The summed E-state index contributed by atoms with van der Waals surface area (Å²) in [7, 11) is 11.1. The highest BCUT2D eigenvalue weighted by Gasteiger charge is 1.88. The first-order chi connectivity index (χ1) is 5.27. The van der Waals surface area contributed by atoms with E-state index < -0.39 is 11.4 Å². The first kappa shape index (κ1) is 18.3. The molecule has 0 aliphatic heterocycles. The van der Waals surface area contributed by atoms with Crippen molar-refractivity contribution in [3.8, 4) is 0 Å². The number of hydrogen-bond donors (Lipinski definition) is 0. The fraction of sp³-hybridized carbons (Fsp3) is 1.00. The van der Waals surface area contributed by atoms with Crippen molar-refractivity contribution >= 4 is 31.2 Å². The first-order valence-electron chi connectivity index (χ1n) is 2.66. The molecule has 0 radical (unpaired) electrons. The van der Waals surface area contributed by atoms with Gasteiger partial charge in [0.2, 0.25) is 0 Å². The van der Waals surface area contributed by atoms with Gasteiger partial charge >= 0.3 is 0 Å². The molecule has 0 fully saturated rings. The Labute approximate surface area is 82.6 Å². The third-order valence-corrected chi connectivity index (χ3v) is 0.167. The van der Waals surface area contributed by atoms with E-state index in [0.29, 0.717) is 0 Å². The van der Waals surface area contributed by atoms with Crippen LogP contribution in [0, 0.1) is 0 Å². The maximum atomic E-state index is 8.83. The van der Waals surface area contributed by atoms with Crippen LogP contribution in [-0.2, 0) is 27.5 Å². The van der Waals surface area contributed by atoms with E-state index in [2.05, 4.69) is 52.3 Å². The van der Waals surface area contributed by atoms with E-state index in [1.54, 1.807) is 0 Å². The van der Waals surface area contributed by atoms with Crippen LogP contribution in [0.15, 0.2) is 0 Å². The van der Waals surface area contributed by atoms with Crippen molar-refractivity contribution in [1.29, 1.82) is 0 Å². The molecule has 1 unspecified atom stereocenters. The Balaban J connectivity index is -0.000000112. The monoisotopic (exact) mass is 234 g/mol. The molecule has 0 aromatic carbocycles. The molecule has 0 N–H and O–H groups in total. The molecule has 0 saturated heterocycles. The second-order valence-electron chi connectivity index (χ2n) is 2.96. The fourth-order valence-corrected chi connectivity index (χ4v) is 0. The lowest BCUT2D eigenvalue weighted by molar-refractivity contribution is -0.849. The van der Waals surface area contributed by atoms with Gasteiger partial charge in [0.05, 0.1) is 39.6 Å². The molecule has 1 atom stereocenters. The SMILES string of the molecule is C[N+](C)(C)C.O=S([O-])O[O-].P=S. The Morgan fingerprint density at radius 1 is 1.33 bits per heavy atom. The molecule has 0 aromatic heterocycles.